The van der Waals surface area contributed by atoms with E-state index in [2.05, 4.69) is 16.3 Å². The van der Waals surface area contributed by atoms with Crippen molar-refractivity contribution in [2.24, 2.45) is 11.5 Å². The Morgan fingerprint density at radius 2 is 2.09 bits per heavy atom. The van der Waals surface area contributed by atoms with Crippen molar-refractivity contribution in [2.45, 2.75) is 18.6 Å². The Balaban J connectivity index is 2.12. The van der Waals surface area contributed by atoms with E-state index in [9.17, 15) is 5.11 Å². The minimum absolute atomic E-state index is 0.0818. The Bertz CT molecular complexity index is 563. The van der Waals surface area contributed by atoms with E-state index in [-0.39, 0.29) is 18.0 Å². The van der Waals surface area contributed by atoms with Crippen LogP contribution in [0.5, 0.6) is 5.75 Å². The van der Waals surface area contributed by atoms with Gasteiger partial charge in [-0.05, 0) is 35.9 Å². The molecule has 22 heavy (non-hydrogen) atoms. The summed E-state index contributed by atoms with van der Waals surface area (Å²) in [6.07, 6.45) is 10.9. The number of rotatable bonds is 6. The van der Waals surface area contributed by atoms with E-state index < -0.39 is 0 Å². The number of nitrogens with two attached hydrogens (primary N) is 2. The van der Waals surface area contributed by atoms with Gasteiger partial charge in [0.2, 0.25) is 0 Å². The van der Waals surface area contributed by atoms with Crippen molar-refractivity contribution in [1.29, 1.82) is 0 Å². The second kappa shape index (κ2) is 7.68. The summed E-state index contributed by atoms with van der Waals surface area (Å²) >= 11 is 0. The zero-order valence-corrected chi connectivity index (χ0v) is 12.8. The zero-order valence-electron chi connectivity index (χ0n) is 12.8. The summed E-state index contributed by atoms with van der Waals surface area (Å²) in [5.41, 5.74) is 13.7. The van der Waals surface area contributed by atoms with Crippen LogP contribution in [0.2, 0.25) is 0 Å². The summed E-state index contributed by atoms with van der Waals surface area (Å²) in [7, 11) is 2.01. The third kappa shape index (κ3) is 4.65. The molecular weight excluding hydrogens is 276 g/mol. The molecule has 1 aliphatic rings. The lowest BCUT2D eigenvalue weighted by molar-refractivity contribution is 0.342. The molecule has 0 saturated heterocycles. The van der Waals surface area contributed by atoms with Crippen LogP contribution < -0.4 is 16.8 Å². The lowest BCUT2D eigenvalue weighted by Gasteiger charge is -2.29. The number of aromatic hydroxyl groups is 1. The molecular formula is C17H24N4O. The van der Waals surface area contributed by atoms with Crippen LogP contribution in [0, 0.1) is 0 Å². The van der Waals surface area contributed by atoms with Crippen LogP contribution in [0.25, 0.3) is 0 Å². The molecule has 1 aromatic rings. The van der Waals surface area contributed by atoms with Crippen LogP contribution in [-0.4, -0.2) is 35.8 Å². The highest BCUT2D eigenvalue weighted by Crippen LogP contribution is 2.14. The molecule has 2 atom stereocenters. The van der Waals surface area contributed by atoms with Gasteiger partial charge in [0, 0.05) is 38.0 Å². The van der Waals surface area contributed by atoms with Crippen molar-refractivity contribution in [3.63, 3.8) is 0 Å². The van der Waals surface area contributed by atoms with Crippen LogP contribution in [0.1, 0.15) is 5.56 Å². The summed E-state index contributed by atoms with van der Waals surface area (Å²) in [4.78, 5) is 2.08. The van der Waals surface area contributed by atoms with Crippen molar-refractivity contribution in [3.8, 4) is 5.75 Å². The molecule has 0 spiro atoms. The van der Waals surface area contributed by atoms with Gasteiger partial charge in [0.05, 0.1) is 0 Å². The number of likely N-dealkylation sites (N-methyl/N-ethyl adjacent to an activating group) is 1. The first kappa shape index (κ1) is 16.1. The standard InChI is InChI=1S/C17H24N4O/c1-21-9-3-2-4-17(21)20-15(11-14(19)12-18)10-13-5-7-16(22)8-6-13/h2-9,11,14,17,20,22H,10,12,18-19H2,1H3/b15-11-. The smallest absolute Gasteiger partial charge is 0.118 e. The van der Waals surface area contributed by atoms with Crippen LogP contribution in [0.4, 0.5) is 0 Å². The van der Waals surface area contributed by atoms with Gasteiger partial charge in [-0.3, -0.25) is 0 Å². The van der Waals surface area contributed by atoms with Gasteiger partial charge in [-0.15, -0.1) is 0 Å². The average molecular weight is 300 g/mol. The number of nitrogens with one attached hydrogen (secondary N) is 1. The first-order valence-corrected chi connectivity index (χ1v) is 7.36. The van der Waals surface area contributed by atoms with E-state index in [0.29, 0.717) is 13.0 Å². The number of allylic oxidation sites excluding steroid dienone is 3. The maximum absolute atomic E-state index is 9.38. The number of hydrogen-bond acceptors (Lipinski definition) is 5. The minimum Gasteiger partial charge on any atom is -0.508 e. The van der Waals surface area contributed by atoms with Crippen molar-refractivity contribution >= 4 is 0 Å². The van der Waals surface area contributed by atoms with Crippen molar-refractivity contribution in [1.82, 2.24) is 10.2 Å². The van der Waals surface area contributed by atoms with Gasteiger partial charge in [-0.2, -0.15) is 0 Å². The molecule has 1 aromatic carbocycles. The molecule has 0 amide bonds. The van der Waals surface area contributed by atoms with Gasteiger partial charge >= 0.3 is 0 Å². The summed E-state index contributed by atoms with van der Waals surface area (Å²) < 4.78 is 0. The Kier molecular flexibility index (Phi) is 5.63. The highest BCUT2D eigenvalue weighted by molar-refractivity contribution is 5.29. The van der Waals surface area contributed by atoms with E-state index in [0.717, 1.165) is 11.3 Å². The maximum atomic E-state index is 9.38. The molecule has 0 fully saturated rings. The number of phenols is 1. The second-order valence-corrected chi connectivity index (χ2v) is 5.42. The molecule has 0 bridgehead atoms. The predicted molar refractivity (Wildman–Crippen MR) is 89.9 cm³/mol. The first-order valence-electron chi connectivity index (χ1n) is 7.36. The molecule has 0 aromatic heterocycles. The largest absolute Gasteiger partial charge is 0.508 e. The van der Waals surface area contributed by atoms with E-state index in [1.807, 2.05) is 43.6 Å². The summed E-state index contributed by atoms with van der Waals surface area (Å²) in [6, 6.07) is 6.99. The van der Waals surface area contributed by atoms with Crippen molar-refractivity contribution in [3.05, 3.63) is 66.0 Å². The van der Waals surface area contributed by atoms with Gasteiger partial charge in [0.25, 0.3) is 0 Å². The van der Waals surface area contributed by atoms with Gasteiger partial charge in [-0.1, -0.05) is 18.2 Å². The highest BCUT2D eigenvalue weighted by atomic mass is 16.3. The van der Waals surface area contributed by atoms with E-state index in [4.69, 9.17) is 11.5 Å². The van der Waals surface area contributed by atoms with Crippen LogP contribution in [0.15, 0.2) is 60.5 Å². The minimum atomic E-state index is -0.187. The van der Waals surface area contributed by atoms with E-state index in [1.165, 1.54) is 0 Å². The quantitative estimate of drug-likeness (QED) is 0.630. The lowest BCUT2D eigenvalue weighted by Crippen LogP contribution is -2.41. The van der Waals surface area contributed by atoms with Gasteiger partial charge < -0.3 is 26.8 Å². The molecule has 1 aliphatic heterocycles. The summed E-state index contributed by atoms with van der Waals surface area (Å²) in [6.45, 7) is 0.400. The fourth-order valence-corrected chi connectivity index (χ4v) is 2.24. The van der Waals surface area contributed by atoms with Crippen LogP contribution in [-0.2, 0) is 6.42 Å². The first-order chi connectivity index (χ1) is 10.6. The molecule has 0 saturated carbocycles. The van der Waals surface area contributed by atoms with Gasteiger partial charge in [0.15, 0.2) is 0 Å². The predicted octanol–water partition coefficient (Wildman–Crippen LogP) is 1.04. The topological polar surface area (TPSA) is 87.5 Å². The van der Waals surface area contributed by atoms with Crippen molar-refractivity contribution < 1.29 is 5.11 Å². The molecule has 2 unspecified atom stereocenters. The molecule has 5 heteroatoms. The van der Waals surface area contributed by atoms with Gasteiger partial charge in [0.1, 0.15) is 11.9 Å². The Morgan fingerprint density at radius 1 is 1.36 bits per heavy atom. The second-order valence-electron chi connectivity index (χ2n) is 5.42. The summed E-state index contributed by atoms with van der Waals surface area (Å²) in [5, 5.41) is 12.9. The molecule has 118 valence electrons. The maximum Gasteiger partial charge on any atom is 0.118 e. The monoisotopic (exact) mass is 300 g/mol. The molecule has 5 nitrogen and oxygen atoms in total. The molecule has 0 aliphatic carbocycles. The molecule has 2 rings (SSSR count). The molecule has 0 radical (unpaired) electrons. The Labute approximate surface area is 131 Å². The summed E-state index contributed by atoms with van der Waals surface area (Å²) in [5.74, 6) is 0.265. The Morgan fingerprint density at radius 3 is 2.73 bits per heavy atom. The van der Waals surface area contributed by atoms with Crippen molar-refractivity contribution in [2.75, 3.05) is 13.6 Å². The third-order valence-corrected chi connectivity index (χ3v) is 3.52. The van der Waals surface area contributed by atoms with Crippen LogP contribution >= 0.6 is 0 Å². The van der Waals surface area contributed by atoms with Gasteiger partial charge in [-0.25, -0.2) is 0 Å². The van der Waals surface area contributed by atoms with E-state index in [1.54, 1.807) is 12.1 Å². The lowest BCUT2D eigenvalue weighted by atomic mass is 10.1. The highest BCUT2D eigenvalue weighted by Gasteiger charge is 2.12. The molecule has 1 heterocycles. The van der Waals surface area contributed by atoms with Crippen LogP contribution in [0.3, 0.4) is 0 Å². The number of benzene rings is 1. The average Bonchev–Trinajstić information content (AvgIpc) is 2.51. The number of hydrogen-bond donors (Lipinski definition) is 4. The van der Waals surface area contributed by atoms with E-state index >= 15 is 0 Å². The fourth-order valence-electron chi connectivity index (χ4n) is 2.24. The molecule has 6 N–H and O–H groups in total. The number of phenolic OH excluding ortho intramolecular Hbond substituents is 1. The normalized spacial score (nSPS) is 19.3. The Hall–Kier alpha value is -2.24. The SMILES string of the molecule is CN1C=CC=CC1N/C(=C\C(N)CN)Cc1ccc(O)cc1. The number of nitrogens with zero attached hydrogens (tertiary/aromatic N) is 1. The third-order valence-electron chi connectivity index (χ3n) is 3.52. The fraction of sp³-hybridized carbons (Fsp3) is 0.294. The zero-order chi connectivity index (χ0) is 15.9.